The number of hydrogen-bond donors (Lipinski definition) is 0. The molecule has 0 radical (unpaired) electrons. The molecule has 2 aromatic carbocycles. The minimum atomic E-state index is -1.40. The fraction of sp³-hybridized carbons (Fsp3) is 0.333. The van der Waals surface area contributed by atoms with Crippen LogP contribution in [-0.4, -0.2) is 15.8 Å². The molecule has 0 amide bonds. The maximum absolute atomic E-state index is 15.6. The summed E-state index contributed by atoms with van der Waals surface area (Å²) in [6, 6.07) is 14.5. The minimum Gasteiger partial charge on any atom is -0.264 e. The summed E-state index contributed by atoms with van der Waals surface area (Å²) in [5.41, 5.74) is -1.11. The van der Waals surface area contributed by atoms with E-state index in [9.17, 15) is 5.26 Å². The SMILES string of the molecule is CC(C)(C)C[C@@H]1CN(Sc2cccnc2)[C@H](c2cccc(Cl)c2F)[C@@]1(C#N)c1ccc(Cl)cc1F. The van der Waals surface area contributed by atoms with E-state index in [-0.39, 0.29) is 32.5 Å². The van der Waals surface area contributed by atoms with Gasteiger partial charge in [-0.1, -0.05) is 62.2 Å². The molecule has 0 aliphatic carbocycles. The Morgan fingerprint density at radius 2 is 1.94 bits per heavy atom. The zero-order chi connectivity index (χ0) is 25.4. The summed E-state index contributed by atoms with van der Waals surface area (Å²) in [5.74, 6) is -1.50. The van der Waals surface area contributed by atoms with Gasteiger partial charge in [0.25, 0.3) is 0 Å². The summed E-state index contributed by atoms with van der Waals surface area (Å²) in [6.07, 6.45) is 4.00. The molecule has 0 N–H and O–H groups in total. The lowest BCUT2D eigenvalue weighted by Gasteiger charge is -2.38. The van der Waals surface area contributed by atoms with Crippen molar-refractivity contribution in [1.82, 2.24) is 9.29 Å². The minimum absolute atomic E-state index is 0.0449. The van der Waals surface area contributed by atoms with E-state index in [4.69, 9.17) is 23.2 Å². The van der Waals surface area contributed by atoms with E-state index in [2.05, 4.69) is 31.8 Å². The average Bonchev–Trinajstić information content (AvgIpc) is 3.08. The van der Waals surface area contributed by atoms with Gasteiger partial charge < -0.3 is 0 Å². The zero-order valence-corrected chi connectivity index (χ0v) is 21.9. The highest BCUT2D eigenvalue weighted by Crippen LogP contribution is 2.58. The van der Waals surface area contributed by atoms with Gasteiger partial charge in [0.15, 0.2) is 0 Å². The Hall–Kier alpha value is -2.17. The molecule has 3 aromatic rings. The lowest BCUT2D eigenvalue weighted by Crippen LogP contribution is -2.39. The number of rotatable bonds is 5. The van der Waals surface area contributed by atoms with Crippen molar-refractivity contribution >= 4 is 35.1 Å². The van der Waals surface area contributed by atoms with Gasteiger partial charge in [-0.15, -0.1) is 0 Å². The quantitative estimate of drug-likeness (QED) is 0.310. The Labute approximate surface area is 219 Å². The molecule has 8 heteroatoms. The smallest absolute Gasteiger partial charge is 0.146 e. The van der Waals surface area contributed by atoms with Crippen LogP contribution >= 0.6 is 35.1 Å². The van der Waals surface area contributed by atoms with Crippen molar-refractivity contribution in [2.75, 3.05) is 6.54 Å². The van der Waals surface area contributed by atoms with E-state index in [1.54, 1.807) is 36.7 Å². The summed E-state index contributed by atoms with van der Waals surface area (Å²) in [7, 11) is 0. The van der Waals surface area contributed by atoms with Crippen LogP contribution in [-0.2, 0) is 5.41 Å². The van der Waals surface area contributed by atoms with Crippen LogP contribution in [0.5, 0.6) is 0 Å². The third-order valence-corrected chi connectivity index (χ3v) is 7.89. The molecular formula is C27H25Cl2F2N3S. The molecular weight excluding hydrogens is 507 g/mol. The molecule has 182 valence electrons. The second kappa shape index (κ2) is 10.1. The molecule has 1 saturated heterocycles. The van der Waals surface area contributed by atoms with Crippen molar-refractivity contribution in [3.8, 4) is 6.07 Å². The maximum atomic E-state index is 15.6. The number of aromatic nitrogens is 1. The third-order valence-electron chi connectivity index (χ3n) is 6.32. The van der Waals surface area contributed by atoms with Crippen LogP contribution < -0.4 is 0 Å². The highest BCUT2D eigenvalue weighted by molar-refractivity contribution is 7.97. The molecule has 1 aliphatic rings. The lowest BCUT2D eigenvalue weighted by atomic mass is 9.63. The van der Waals surface area contributed by atoms with Gasteiger partial charge in [-0.3, -0.25) is 4.98 Å². The zero-order valence-electron chi connectivity index (χ0n) is 19.6. The summed E-state index contributed by atoms with van der Waals surface area (Å²) in [5, 5.41) is 11.0. The molecule has 3 atom stereocenters. The standard InChI is InChI=1S/C27H25Cl2F2N3S/c1-26(2,3)13-17-15-34(35-19-6-5-11-33-14-19)25(20-7-4-8-22(29)24(20)31)27(17,16-32)21-10-9-18(28)12-23(21)30/h4-12,14,17,25H,13,15H2,1-3H3/t17-,25-,27-/m1/s1. The van der Waals surface area contributed by atoms with Crippen LogP contribution in [0, 0.1) is 34.3 Å². The van der Waals surface area contributed by atoms with Crippen LogP contribution in [0.2, 0.25) is 10.0 Å². The van der Waals surface area contributed by atoms with Gasteiger partial charge in [-0.05, 0) is 60.0 Å². The van der Waals surface area contributed by atoms with Crippen LogP contribution in [0.4, 0.5) is 8.78 Å². The van der Waals surface area contributed by atoms with E-state index in [0.29, 0.717) is 13.0 Å². The number of halogens is 4. The monoisotopic (exact) mass is 531 g/mol. The van der Waals surface area contributed by atoms with Crippen LogP contribution in [0.1, 0.15) is 44.4 Å². The van der Waals surface area contributed by atoms with Gasteiger partial charge in [-0.25, -0.2) is 13.1 Å². The van der Waals surface area contributed by atoms with Gasteiger partial charge in [0.2, 0.25) is 0 Å². The molecule has 1 fully saturated rings. The molecule has 0 unspecified atom stereocenters. The Morgan fingerprint density at radius 1 is 1.17 bits per heavy atom. The predicted molar refractivity (Wildman–Crippen MR) is 137 cm³/mol. The van der Waals surface area contributed by atoms with Crippen molar-refractivity contribution in [2.24, 2.45) is 11.3 Å². The van der Waals surface area contributed by atoms with Gasteiger partial charge >= 0.3 is 0 Å². The first-order valence-corrected chi connectivity index (χ1v) is 12.7. The number of pyridine rings is 1. The number of nitrogens with zero attached hydrogens (tertiary/aromatic N) is 3. The van der Waals surface area contributed by atoms with Crippen molar-refractivity contribution in [3.05, 3.63) is 93.7 Å². The van der Waals surface area contributed by atoms with Crippen LogP contribution in [0.25, 0.3) is 0 Å². The van der Waals surface area contributed by atoms with Crippen LogP contribution in [0.3, 0.4) is 0 Å². The molecule has 0 spiro atoms. The molecule has 4 rings (SSSR count). The van der Waals surface area contributed by atoms with Crippen molar-refractivity contribution in [2.45, 2.75) is 43.5 Å². The molecule has 1 aromatic heterocycles. The summed E-state index contributed by atoms with van der Waals surface area (Å²) in [6.45, 7) is 6.68. The van der Waals surface area contributed by atoms with Crippen molar-refractivity contribution in [3.63, 3.8) is 0 Å². The summed E-state index contributed by atoms with van der Waals surface area (Å²) >= 11 is 13.6. The van der Waals surface area contributed by atoms with Crippen molar-refractivity contribution in [1.29, 1.82) is 5.26 Å². The molecule has 2 heterocycles. The van der Waals surface area contributed by atoms with Crippen LogP contribution in [0.15, 0.2) is 65.8 Å². The molecule has 0 saturated carbocycles. The Balaban J connectivity index is 1.99. The Bertz CT molecular complexity index is 1260. The normalized spacial score (nSPS) is 22.8. The van der Waals surface area contributed by atoms with E-state index < -0.39 is 23.1 Å². The predicted octanol–water partition coefficient (Wildman–Crippen LogP) is 8.24. The highest BCUT2D eigenvalue weighted by Gasteiger charge is 2.59. The summed E-state index contributed by atoms with van der Waals surface area (Å²) < 4.78 is 33.1. The largest absolute Gasteiger partial charge is 0.264 e. The van der Waals surface area contributed by atoms with E-state index in [1.165, 1.54) is 24.1 Å². The summed E-state index contributed by atoms with van der Waals surface area (Å²) in [4.78, 5) is 5.02. The topological polar surface area (TPSA) is 39.9 Å². The fourth-order valence-electron chi connectivity index (χ4n) is 5.05. The highest BCUT2D eigenvalue weighted by atomic mass is 35.5. The fourth-order valence-corrected chi connectivity index (χ4v) is 6.54. The van der Waals surface area contributed by atoms with E-state index in [0.717, 1.165) is 4.90 Å². The van der Waals surface area contributed by atoms with Gasteiger partial charge in [0.1, 0.15) is 17.0 Å². The van der Waals surface area contributed by atoms with Gasteiger partial charge in [0.05, 0.1) is 17.1 Å². The van der Waals surface area contributed by atoms with Gasteiger partial charge in [0, 0.05) is 40.0 Å². The first-order chi connectivity index (χ1) is 16.6. The average molecular weight is 532 g/mol. The molecule has 0 bridgehead atoms. The number of benzene rings is 2. The van der Waals surface area contributed by atoms with E-state index >= 15 is 8.78 Å². The Morgan fingerprint density at radius 3 is 2.57 bits per heavy atom. The first-order valence-electron chi connectivity index (χ1n) is 11.2. The van der Waals surface area contributed by atoms with Crippen molar-refractivity contribution < 1.29 is 8.78 Å². The van der Waals surface area contributed by atoms with Gasteiger partial charge in [-0.2, -0.15) is 5.26 Å². The second-order valence-electron chi connectivity index (χ2n) is 9.99. The molecule has 1 aliphatic heterocycles. The molecule has 35 heavy (non-hydrogen) atoms. The maximum Gasteiger partial charge on any atom is 0.146 e. The Kier molecular flexibility index (Phi) is 7.45. The first kappa shape index (κ1) is 25.9. The third kappa shape index (κ3) is 5.06. The number of hydrogen-bond acceptors (Lipinski definition) is 4. The van der Waals surface area contributed by atoms with E-state index in [1.807, 2.05) is 16.4 Å². The lowest BCUT2D eigenvalue weighted by molar-refractivity contribution is 0.245. The second-order valence-corrected chi connectivity index (χ2v) is 12.0. The number of nitriles is 1. The molecule has 3 nitrogen and oxygen atoms in total.